The SMILES string of the molecule is CCCCN1CCC(NC(=O)c2ccccc2-c2ncc(-c3ccccc3F)o2)CC1. The summed E-state index contributed by atoms with van der Waals surface area (Å²) in [6.07, 6.45) is 5.82. The van der Waals surface area contributed by atoms with Crippen molar-refractivity contribution in [2.75, 3.05) is 19.6 Å². The molecule has 0 saturated carbocycles. The third-order valence-electron chi connectivity index (χ3n) is 5.80. The number of halogens is 1. The number of carbonyl (C=O) groups excluding carboxylic acids is 1. The number of piperidine rings is 1. The number of oxazole rings is 1. The first-order valence-electron chi connectivity index (χ1n) is 11.0. The summed E-state index contributed by atoms with van der Waals surface area (Å²) in [6.45, 7) is 5.36. The Balaban J connectivity index is 1.47. The number of carbonyl (C=O) groups is 1. The Labute approximate surface area is 182 Å². The molecule has 3 aromatic rings. The molecule has 0 bridgehead atoms. The zero-order valence-electron chi connectivity index (χ0n) is 17.8. The highest BCUT2D eigenvalue weighted by Gasteiger charge is 2.23. The molecule has 1 saturated heterocycles. The van der Waals surface area contributed by atoms with Gasteiger partial charge in [-0.3, -0.25) is 4.79 Å². The summed E-state index contributed by atoms with van der Waals surface area (Å²) in [5.74, 6) is 0.135. The van der Waals surface area contributed by atoms with Crippen LogP contribution in [0.2, 0.25) is 0 Å². The van der Waals surface area contributed by atoms with Crippen LogP contribution in [0, 0.1) is 5.82 Å². The Hall–Kier alpha value is -2.99. The Morgan fingerprint density at radius 3 is 2.58 bits per heavy atom. The zero-order chi connectivity index (χ0) is 21.6. The summed E-state index contributed by atoms with van der Waals surface area (Å²) in [7, 11) is 0. The Morgan fingerprint density at radius 2 is 1.84 bits per heavy atom. The second-order valence-corrected chi connectivity index (χ2v) is 8.00. The summed E-state index contributed by atoms with van der Waals surface area (Å²) in [5.41, 5.74) is 1.46. The first-order valence-corrected chi connectivity index (χ1v) is 11.0. The van der Waals surface area contributed by atoms with Gasteiger partial charge in [0.1, 0.15) is 5.82 Å². The van der Waals surface area contributed by atoms with Gasteiger partial charge in [-0.15, -0.1) is 0 Å². The van der Waals surface area contributed by atoms with Crippen molar-refractivity contribution in [3.05, 3.63) is 66.1 Å². The molecule has 5 nitrogen and oxygen atoms in total. The summed E-state index contributed by atoms with van der Waals surface area (Å²) in [4.78, 5) is 19.8. The molecular weight excluding hydrogens is 393 g/mol. The molecular formula is C25H28FN3O2. The van der Waals surface area contributed by atoms with Crippen molar-refractivity contribution in [1.82, 2.24) is 15.2 Å². The van der Waals surface area contributed by atoms with Gasteiger partial charge in [-0.2, -0.15) is 0 Å². The molecule has 6 heteroatoms. The van der Waals surface area contributed by atoms with Crippen molar-refractivity contribution in [1.29, 1.82) is 0 Å². The van der Waals surface area contributed by atoms with Crippen molar-refractivity contribution in [2.45, 2.75) is 38.6 Å². The van der Waals surface area contributed by atoms with E-state index >= 15 is 0 Å². The fourth-order valence-corrected chi connectivity index (χ4v) is 4.00. The average Bonchev–Trinajstić information content (AvgIpc) is 3.29. The maximum Gasteiger partial charge on any atom is 0.252 e. The minimum atomic E-state index is -0.374. The van der Waals surface area contributed by atoms with Crippen LogP contribution in [0.15, 0.2) is 59.1 Å². The van der Waals surface area contributed by atoms with Gasteiger partial charge in [0.2, 0.25) is 5.89 Å². The summed E-state index contributed by atoms with van der Waals surface area (Å²) >= 11 is 0. The monoisotopic (exact) mass is 421 g/mol. The van der Waals surface area contributed by atoms with E-state index in [1.807, 2.05) is 12.1 Å². The van der Waals surface area contributed by atoms with Gasteiger partial charge in [0.05, 0.1) is 17.3 Å². The number of rotatable bonds is 7. The van der Waals surface area contributed by atoms with Crippen LogP contribution in [0.25, 0.3) is 22.8 Å². The Kier molecular flexibility index (Phi) is 6.77. The van der Waals surface area contributed by atoms with E-state index in [1.54, 1.807) is 30.3 Å². The van der Waals surface area contributed by atoms with E-state index < -0.39 is 0 Å². The van der Waals surface area contributed by atoms with Gasteiger partial charge in [-0.1, -0.05) is 37.6 Å². The van der Waals surface area contributed by atoms with Gasteiger partial charge >= 0.3 is 0 Å². The molecule has 1 aliphatic rings. The summed E-state index contributed by atoms with van der Waals surface area (Å²) in [5, 5.41) is 3.17. The van der Waals surface area contributed by atoms with E-state index in [9.17, 15) is 9.18 Å². The molecule has 31 heavy (non-hydrogen) atoms. The third-order valence-corrected chi connectivity index (χ3v) is 5.80. The van der Waals surface area contributed by atoms with Crippen LogP contribution in [-0.4, -0.2) is 41.5 Å². The van der Waals surface area contributed by atoms with E-state index in [4.69, 9.17) is 4.42 Å². The standard InChI is InChI=1S/C25H28FN3O2/c1-2-3-14-29-15-12-18(13-16-29)28-24(30)19-8-4-5-9-20(19)25-27-17-23(31-25)21-10-6-7-11-22(21)26/h4-11,17-18H,2-3,12-16H2,1H3,(H,28,30). The van der Waals surface area contributed by atoms with E-state index in [0.717, 1.165) is 32.5 Å². The normalized spacial score (nSPS) is 15.2. The Morgan fingerprint density at radius 1 is 1.13 bits per heavy atom. The molecule has 1 aromatic heterocycles. The molecule has 2 aromatic carbocycles. The number of hydrogen-bond acceptors (Lipinski definition) is 4. The van der Waals surface area contributed by atoms with Crippen LogP contribution < -0.4 is 5.32 Å². The lowest BCUT2D eigenvalue weighted by Crippen LogP contribution is -2.44. The first kappa shape index (κ1) is 21.2. The molecule has 162 valence electrons. The smallest absolute Gasteiger partial charge is 0.252 e. The van der Waals surface area contributed by atoms with Crippen LogP contribution in [-0.2, 0) is 0 Å². The minimum Gasteiger partial charge on any atom is -0.436 e. The zero-order valence-corrected chi connectivity index (χ0v) is 17.8. The second kappa shape index (κ2) is 9.88. The summed E-state index contributed by atoms with van der Waals surface area (Å²) < 4.78 is 19.9. The molecule has 1 amide bonds. The molecule has 4 rings (SSSR count). The fourth-order valence-electron chi connectivity index (χ4n) is 4.00. The molecule has 0 radical (unpaired) electrons. The van der Waals surface area contributed by atoms with Crippen molar-refractivity contribution >= 4 is 5.91 Å². The van der Waals surface area contributed by atoms with Gasteiger partial charge < -0.3 is 14.6 Å². The molecule has 0 unspecified atom stereocenters. The van der Waals surface area contributed by atoms with Crippen molar-refractivity contribution in [3.8, 4) is 22.8 Å². The molecule has 1 fully saturated rings. The van der Waals surface area contributed by atoms with Crippen molar-refractivity contribution < 1.29 is 13.6 Å². The molecule has 2 heterocycles. The number of aromatic nitrogens is 1. The molecule has 1 aliphatic heterocycles. The van der Waals surface area contributed by atoms with Gasteiger partial charge in [0, 0.05) is 24.7 Å². The quantitative estimate of drug-likeness (QED) is 0.574. The minimum absolute atomic E-state index is 0.131. The van der Waals surface area contributed by atoms with E-state index in [1.165, 1.54) is 25.1 Å². The predicted octanol–water partition coefficient (Wildman–Crippen LogP) is 5.14. The number of hydrogen-bond donors (Lipinski definition) is 1. The predicted molar refractivity (Wildman–Crippen MR) is 119 cm³/mol. The Bertz CT molecular complexity index is 1020. The molecule has 0 aliphatic carbocycles. The highest BCUT2D eigenvalue weighted by atomic mass is 19.1. The third kappa shape index (κ3) is 5.02. The van der Waals surface area contributed by atoms with Crippen LogP contribution >= 0.6 is 0 Å². The van der Waals surface area contributed by atoms with Gasteiger partial charge in [-0.05, 0) is 50.1 Å². The van der Waals surface area contributed by atoms with E-state index in [-0.39, 0.29) is 17.8 Å². The van der Waals surface area contributed by atoms with Crippen molar-refractivity contribution in [2.24, 2.45) is 0 Å². The topological polar surface area (TPSA) is 58.4 Å². The lowest BCUT2D eigenvalue weighted by Gasteiger charge is -2.32. The van der Waals surface area contributed by atoms with Crippen LogP contribution in [0.3, 0.4) is 0 Å². The lowest BCUT2D eigenvalue weighted by atomic mass is 10.0. The maximum atomic E-state index is 14.1. The number of likely N-dealkylation sites (tertiary alicyclic amines) is 1. The van der Waals surface area contributed by atoms with E-state index in [2.05, 4.69) is 22.1 Å². The molecule has 0 atom stereocenters. The number of nitrogens with zero attached hydrogens (tertiary/aromatic N) is 2. The van der Waals surface area contributed by atoms with Crippen LogP contribution in [0.4, 0.5) is 4.39 Å². The average molecular weight is 422 g/mol. The molecule has 0 spiro atoms. The maximum absolute atomic E-state index is 14.1. The van der Waals surface area contributed by atoms with Gasteiger partial charge in [0.25, 0.3) is 5.91 Å². The first-order chi connectivity index (χ1) is 15.2. The van der Waals surface area contributed by atoms with Gasteiger partial charge in [0.15, 0.2) is 5.76 Å². The number of unbranched alkanes of at least 4 members (excludes halogenated alkanes) is 1. The second-order valence-electron chi connectivity index (χ2n) is 8.00. The van der Waals surface area contributed by atoms with Crippen LogP contribution in [0.1, 0.15) is 43.0 Å². The fraction of sp³-hybridized carbons (Fsp3) is 0.360. The largest absolute Gasteiger partial charge is 0.436 e. The number of amides is 1. The number of nitrogens with one attached hydrogen (secondary N) is 1. The van der Waals surface area contributed by atoms with Crippen LogP contribution in [0.5, 0.6) is 0 Å². The van der Waals surface area contributed by atoms with Crippen molar-refractivity contribution in [3.63, 3.8) is 0 Å². The lowest BCUT2D eigenvalue weighted by molar-refractivity contribution is 0.0911. The molecule has 1 N–H and O–H groups in total. The van der Waals surface area contributed by atoms with E-state index in [0.29, 0.717) is 28.3 Å². The highest BCUT2D eigenvalue weighted by molar-refractivity contribution is 6.00. The summed E-state index contributed by atoms with van der Waals surface area (Å²) in [6, 6.07) is 13.8. The highest BCUT2D eigenvalue weighted by Crippen LogP contribution is 2.29. The number of benzene rings is 2. The van der Waals surface area contributed by atoms with Gasteiger partial charge in [-0.25, -0.2) is 9.37 Å².